The van der Waals surface area contributed by atoms with Crippen molar-refractivity contribution in [2.24, 2.45) is 0 Å². The third-order valence-electron chi connectivity index (χ3n) is 1.53. The van der Waals surface area contributed by atoms with Crippen LogP contribution in [0.3, 0.4) is 0 Å². The van der Waals surface area contributed by atoms with Gasteiger partial charge >= 0.3 is 0 Å². The molecule has 11 heavy (non-hydrogen) atoms. The van der Waals surface area contributed by atoms with Crippen LogP contribution >= 0.6 is 12.6 Å². The van der Waals surface area contributed by atoms with E-state index in [1.54, 1.807) is 12.4 Å². The quantitative estimate of drug-likeness (QED) is 0.643. The summed E-state index contributed by atoms with van der Waals surface area (Å²) < 4.78 is 1.93. The lowest BCUT2D eigenvalue weighted by Crippen LogP contribution is -1.91. The maximum Gasteiger partial charge on any atom is 0.159 e. The Hall–Kier alpha value is -1.03. The lowest BCUT2D eigenvalue weighted by Gasteiger charge is -1.96. The molecule has 0 aliphatic rings. The molecule has 0 N–H and O–H groups in total. The maximum absolute atomic E-state index is 4.15. The fraction of sp³-hybridized carbons (Fsp3) is 0.143. The Bertz CT molecular complexity index is 368. The van der Waals surface area contributed by atoms with Gasteiger partial charge in [0.15, 0.2) is 5.65 Å². The maximum atomic E-state index is 4.15. The highest BCUT2D eigenvalue weighted by Gasteiger charge is 1.99. The molecule has 3 nitrogen and oxygen atoms in total. The van der Waals surface area contributed by atoms with Gasteiger partial charge in [-0.25, -0.2) is 4.98 Å². The van der Waals surface area contributed by atoms with Gasteiger partial charge in [-0.05, 0) is 0 Å². The SMILES string of the molecule is SCc1nccn2ccnc12. The van der Waals surface area contributed by atoms with E-state index in [1.807, 2.05) is 16.8 Å². The molecule has 0 bridgehead atoms. The van der Waals surface area contributed by atoms with Gasteiger partial charge in [-0.2, -0.15) is 12.6 Å². The molecule has 0 unspecified atom stereocenters. The van der Waals surface area contributed by atoms with E-state index in [4.69, 9.17) is 0 Å². The van der Waals surface area contributed by atoms with E-state index < -0.39 is 0 Å². The second-order valence-electron chi connectivity index (χ2n) is 2.19. The molecule has 2 heterocycles. The first-order valence-electron chi connectivity index (χ1n) is 3.29. The highest BCUT2D eigenvalue weighted by atomic mass is 32.1. The fourth-order valence-corrected chi connectivity index (χ4v) is 1.24. The first kappa shape index (κ1) is 6.67. The largest absolute Gasteiger partial charge is 0.304 e. The van der Waals surface area contributed by atoms with Crippen molar-refractivity contribution in [1.29, 1.82) is 0 Å². The van der Waals surface area contributed by atoms with Crippen LogP contribution in [-0.2, 0) is 5.75 Å². The number of hydrogen-bond acceptors (Lipinski definition) is 3. The molecule has 0 amide bonds. The summed E-state index contributed by atoms with van der Waals surface area (Å²) in [5, 5.41) is 0. The van der Waals surface area contributed by atoms with E-state index in [1.165, 1.54) is 0 Å². The lowest BCUT2D eigenvalue weighted by molar-refractivity contribution is 1.07. The van der Waals surface area contributed by atoms with Gasteiger partial charge in [-0.15, -0.1) is 0 Å². The van der Waals surface area contributed by atoms with Gasteiger partial charge in [0, 0.05) is 30.5 Å². The molecular weight excluding hydrogens is 158 g/mol. The Balaban J connectivity index is 2.79. The van der Waals surface area contributed by atoms with Crippen molar-refractivity contribution in [3.05, 3.63) is 30.5 Å². The number of hydrogen-bond donors (Lipinski definition) is 1. The standard InChI is InChI=1S/C7H7N3S/c11-5-6-7-9-2-4-10(7)3-1-8-6/h1-4,11H,5H2. The van der Waals surface area contributed by atoms with E-state index in [-0.39, 0.29) is 0 Å². The minimum Gasteiger partial charge on any atom is -0.304 e. The molecule has 0 saturated heterocycles. The molecule has 0 aliphatic heterocycles. The van der Waals surface area contributed by atoms with Crippen molar-refractivity contribution < 1.29 is 0 Å². The number of imidazole rings is 1. The average Bonchev–Trinajstić information content (AvgIpc) is 2.50. The average molecular weight is 165 g/mol. The smallest absolute Gasteiger partial charge is 0.159 e. The Labute approximate surface area is 69.5 Å². The highest BCUT2D eigenvalue weighted by molar-refractivity contribution is 7.79. The van der Waals surface area contributed by atoms with Crippen LogP contribution in [0.25, 0.3) is 5.65 Å². The van der Waals surface area contributed by atoms with Crippen molar-refractivity contribution in [1.82, 2.24) is 14.4 Å². The summed E-state index contributed by atoms with van der Waals surface area (Å²) >= 11 is 4.15. The Kier molecular flexibility index (Phi) is 1.54. The van der Waals surface area contributed by atoms with Crippen molar-refractivity contribution in [2.45, 2.75) is 5.75 Å². The summed E-state index contributed by atoms with van der Waals surface area (Å²) in [5.41, 5.74) is 1.81. The molecule has 0 spiro atoms. The van der Waals surface area contributed by atoms with Gasteiger partial charge < -0.3 is 4.40 Å². The first-order valence-corrected chi connectivity index (χ1v) is 3.92. The van der Waals surface area contributed by atoms with Crippen LogP contribution in [0.15, 0.2) is 24.8 Å². The molecule has 0 aliphatic carbocycles. The predicted octanol–water partition coefficient (Wildman–Crippen LogP) is 1.16. The fourth-order valence-electron chi connectivity index (χ4n) is 1.02. The second-order valence-corrected chi connectivity index (χ2v) is 2.51. The molecule has 0 radical (unpaired) electrons. The number of rotatable bonds is 1. The van der Waals surface area contributed by atoms with E-state index in [9.17, 15) is 0 Å². The number of nitrogens with zero attached hydrogens (tertiary/aromatic N) is 3. The van der Waals surface area contributed by atoms with Crippen molar-refractivity contribution in [2.75, 3.05) is 0 Å². The van der Waals surface area contributed by atoms with Gasteiger partial charge in [-0.3, -0.25) is 4.98 Å². The number of aromatic nitrogens is 3. The van der Waals surface area contributed by atoms with E-state index in [2.05, 4.69) is 22.6 Å². The molecule has 2 aromatic heterocycles. The molecule has 2 rings (SSSR count). The second kappa shape index (κ2) is 2.54. The van der Waals surface area contributed by atoms with Crippen LogP contribution in [-0.4, -0.2) is 14.4 Å². The summed E-state index contributed by atoms with van der Waals surface area (Å²) in [6.07, 6.45) is 7.27. The predicted molar refractivity (Wildman–Crippen MR) is 45.7 cm³/mol. The third kappa shape index (κ3) is 0.991. The van der Waals surface area contributed by atoms with Crippen molar-refractivity contribution >= 4 is 18.3 Å². The normalized spacial score (nSPS) is 10.6. The molecule has 2 aromatic rings. The van der Waals surface area contributed by atoms with Crippen LogP contribution in [0, 0.1) is 0 Å². The zero-order valence-corrected chi connectivity index (χ0v) is 6.70. The Morgan fingerprint density at radius 3 is 2.73 bits per heavy atom. The van der Waals surface area contributed by atoms with Gasteiger partial charge in [0.05, 0.1) is 5.69 Å². The zero-order chi connectivity index (χ0) is 7.68. The van der Waals surface area contributed by atoms with Gasteiger partial charge in [0.25, 0.3) is 0 Å². The Morgan fingerprint density at radius 2 is 2.00 bits per heavy atom. The van der Waals surface area contributed by atoms with Crippen molar-refractivity contribution in [3.8, 4) is 0 Å². The van der Waals surface area contributed by atoms with Gasteiger partial charge in [0.2, 0.25) is 0 Å². The molecule has 56 valence electrons. The minimum atomic E-state index is 0.626. The molecule has 0 fully saturated rings. The molecule has 4 heteroatoms. The lowest BCUT2D eigenvalue weighted by atomic mass is 10.5. The monoisotopic (exact) mass is 165 g/mol. The summed E-state index contributed by atoms with van der Waals surface area (Å²) in [6, 6.07) is 0. The van der Waals surface area contributed by atoms with Crippen LogP contribution in [0.4, 0.5) is 0 Å². The van der Waals surface area contributed by atoms with E-state index in [0.717, 1.165) is 11.3 Å². The molecule has 0 aromatic carbocycles. The van der Waals surface area contributed by atoms with Crippen LogP contribution in [0.1, 0.15) is 5.69 Å². The molecular formula is C7H7N3S. The van der Waals surface area contributed by atoms with E-state index >= 15 is 0 Å². The third-order valence-corrected chi connectivity index (χ3v) is 1.83. The highest BCUT2D eigenvalue weighted by Crippen LogP contribution is 2.06. The minimum absolute atomic E-state index is 0.626. The van der Waals surface area contributed by atoms with Crippen molar-refractivity contribution in [3.63, 3.8) is 0 Å². The molecule has 0 atom stereocenters. The topological polar surface area (TPSA) is 30.2 Å². The van der Waals surface area contributed by atoms with Gasteiger partial charge in [0.1, 0.15) is 0 Å². The Morgan fingerprint density at radius 1 is 1.27 bits per heavy atom. The van der Waals surface area contributed by atoms with Crippen LogP contribution in [0.2, 0.25) is 0 Å². The van der Waals surface area contributed by atoms with Crippen LogP contribution < -0.4 is 0 Å². The summed E-state index contributed by atoms with van der Waals surface area (Å²) in [4.78, 5) is 8.28. The summed E-state index contributed by atoms with van der Waals surface area (Å²) in [5.74, 6) is 0.626. The van der Waals surface area contributed by atoms with Crippen LogP contribution in [0.5, 0.6) is 0 Å². The first-order chi connectivity index (χ1) is 5.42. The summed E-state index contributed by atoms with van der Waals surface area (Å²) in [6.45, 7) is 0. The number of fused-ring (bicyclic) bond motifs is 1. The van der Waals surface area contributed by atoms with E-state index in [0.29, 0.717) is 5.75 Å². The number of thiol groups is 1. The zero-order valence-electron chi connectivity index (χ0n) is 5.81. The molecule has 0 saturated carbocycles. The summed E-state index contributed by atoms with van der Waals surface area (Å²) in [7, 11) is 0. The van der Waals surface area contributed by atoms with Gasteiger partial charge in [-0.1, -0.05) is 0 Å².